The van der Waals surface area contributed by atoms with Gasteiger partial charge in [-0.1, -0.05) is 220 Å². The van der Waals surface area contributed by atoms with Crippen LogP contribution in [0.25, 0.3) is 78.9 Å². The number of para-hydroxylation sites is 1. The third kappa shape index (κ3) is 24.1. The minimum atomic E-state index is 0. The number of hydrogen-bond donors (Lipinski definition) is 0. The molecule has 15 aromatic heterocycles. The predicted octanol–water partition coefficient (Wildman–Crippen LogP) is -1.69. The Balaban J connectivity index is 0.000000400. The van der Waals surface area contributed by atoms with Crippen molar-refractivity contribution in [2.45, 2.75) is 53.9 Å². The maximum atomic E-state index is 4.35. The number of aryl methyl sites for hydroxylation is 3. The molecule has 0 unspecified atom stereocenters. The quantitative estimate of drug-likeness (QED) is 0.105. The van der Waals surface area contributed by atoms with Crippen molar-refractivity contribution in [1.29, 1.82) is 0 Å². The number of fused-ring (bicyclic) bond motifs is 4. The molecular weight excluding hydrogens is 1680 g/mol. The third-order valence-electron chi connectivity index (χ3n) is 13.9. The summed E-state index contributed by atoms with van der Waals surface area (Å²) < 4.78 is 11.3. The van der Waals surface area contributed by atoms with Gasteiger partial charge in [0.05, 0.1) is 34.9 Å². The van der Waals surface area contributed by atoms with Gasteiger partial charge < -0.3 is 110 Å². The van der Waals surface area contributed by atoms with E-state index < -0.39 is 0 Å². The third-order valence-corrected chi connectivity index (χ3v) is 13.9. The Morgan fingerprint density at radius 2 is 0.890 bits per heavy atom. The fourth-order valence-corrected chi connectivity index (χ4v) is 9.10. The van der Waals surface area contributed by atoms with Crippen LogP contribution in [0.4, 0.5) is 0 Å². The van der Waals surface area contributed by atoms with Crippen LogP contribution in [0.5, 0.6) is 0 Å². The Bertz CT molecular complexity index is 4830. The first kappa shape index (κ1) is 90.7. The molecule has 0 aliphatic rings. The van der Waals surface area contributed by atoms with Crippen LogP contribution in [0.2, 0.25) is 0 Å². The molecule has 0 fully saturated rings. The Kier molecular flexibility index (Phi) is 41.4. The molecule has 18 nitrogen and oxygen atoms in total. The van der Waals surface area contributed by atoms with E-state index in [0.717, 1.165) is 96.3 Å². The van der Waals surface area contributed by atoms with Crippen molar-refractivity contribution in [3.05, 3.63) is 304 Å². The van der Waals surface area contributed by atoms with Gasteiger partial charge in [-0.3, -0.25) is 34.9 Å². The standard InChI is InChI=1S/2C13H10N3.C13H9N2.C12H14N3.C11H7N4.C10H10N3.2BrH.2HI.2Li.3Mg.Zn/c1-10-4-7-15-13(9-10)16-8-5-11-12(16)3-2-6-14-11;1-10-13-11(5-4-8-15-13)9-16(10)12-6-2-3-7-14-12;1-2-6-12-11(5-1)8-10-15(12)13-7-3-4-9-14-13;1-12(2,3)10-8-15(9-14-10)11-6-4-5-7-13-11;1-2-6-12-10(5-1)15-8-14-9-4-3-7-13-11(9)15;1-8-9(2)13(7-12-8)10-5-3-4-6-11-10;;;;;;;;;;/h2-7,9H,1H3;2-8H,1H3;1-9H;4-8H,1-3H3;1-7H;3-6H,1-2H3;4*1H;;;;;;/q6*-1;;;;;2*+1;4*+2/p-4. The summed E-state index contributed by atoms with van der Waals surface area (Å²) in [6.45, 7) is 14.4. The number of benzene rings is 1. The summed E-state index contributed by atoms with van der Waals surface area (Å²) in [5.41, 5.74) is 11.1. The van der Waals surface area contributed by atoms with Gasteiger partial charge in [0.1, 0.15) is 0 Å². The van der Waals surface area contributed by atoms with Gasteiger partial charge in [-0.05, 0) is 71.5 Å². The number of hydrogen-bond acceptors (Lipinski definition) is 12. The molecule has 0 aliphatic carbocycles. The molecule has 16 aromatic rings. The normalized spacial score (nSPS) is 9.82. The summed E-state index contributed by atoms with van der Waals surface area (Å²) in [7, 11) is 0. The van der Waals surface area contributed by atoms with E-state index in [9.17, 15) is 0 Å². The van der Waals surface area contributed by atoms with Gasteiger partial charge >= 0.3 is 141 Å². The Morgan fingerprint density at radius 1 is 0.410 bits per heavy atom. The molecule has 15 heterocycles. The Morgan fingerprint density at radius 3 is 1.45 bits per heavy atom. The zero-order chi connectivity index (χ0) is 64.2. The zero-order valence-corrected chi connectivity index (χ0v) is 71.6. The van der Waals surface area contributed by atoms with Crippen LogP contribution < -0.4 is 95.7 Å². The first-order valence-corrected chi connectivity index (χ1v) is 38.1. The number of rotatable bonds is 6. The molecule has 0 bridgehead atoms. The molecule has 100 heavy (non-hydrogen) atoms. The number of pyridine rings is 9. The molecule has 0 aliphatic heterocycles. The molecule has 0 saturated heterocycles. The first-order chi connectivity index (χ1) is 45.0. The summed E-state index contributed by atoms with van der Waals surface area (Å²) in [6, 6.07) is 56.6. The smallest absolute Gasteiger partial charge is 0.0563 e. The van der Waals surface area contributed by atoms with E-state index in [1.54, 1.807) is 60.3 Å². The Hall–Kier alpha value is -5.38. The van der Waals surface area contributed by atoms with Gasteiger partial charge in [-0.25, -0.2) is 0 Å². The molecule has 1 aromatic carbocycles. The number of imidazole rings is 3. The number of halogens is 4. The molecule has 16 rings (SSSR count). The van der Waals surface area contributed by atoms with Crippen molar-refractivity contribution >= 4 is 133 Å². The SMILES string of the molecule is CC(C)(C)c1cn(-c2ccccn2)[c-]n1.Cc1c2ncccc2[c-]n1-c1ccccn1.Cc1ccnc(-n2[c-]cc3ncccc32)c1.Cc1n[c-]n(-c2ccccn2)c1C.[Br-].[Br-].[I-].[Li+].[Li+].[Mg+2].[Mg+2].[Mg+2].[Zn+][I].[c-]1cc2ccccc2n1-c1ccccn1.[c-]1nc2cccnc2n1-c1ccccn1. The molecule has 0 amide bonds. The fourth-order valence-electron chi connectivity index (χ4n) is 9.10. The van der Waals surface area contributed by atoms with Gasteiger partial charge in [0, 0.05) is 80.4 Å². The van der Waals surface area contributed by atoms with Crippen molar-refractivity contribution in [1.82, 2.24) is 87.2 Å². The molecule has 0 radical (unpaired) electrons. The van der Waals surface area contributed by atoms with Crippen molar-refractivity contribution in [2.75, 3.05) is 0 Å². The average molecular weight is 1740 g/mol. The van der Waals surface area contributed by atoms with Crippen LogP contribution >= 0.6 is 19.8 Å². The molecule has 0 saturated carbocycles. The number of aromatic nitrogens is 18. The predicted molar refractivity (Wildman–Crippen MR) is 380 cm³/mol. The van der Waals surface area contributed by atoms with Crippen LogP contribution in [0.3, 0.4) is 0 Å². The summed E-state index contributed by atoms with van der Waals surface area (Å²) in [6.07, 6.45) is 36.2. The monoisotopic (exact) mass is 1740 g/mol. The van der Waals surface area contributed by atoms with E-state index >= 15 is 0 Å². The van der Waals surface area contributed by atoms with E-state index in [2.05, 4.69) is 157 Å². The molecule has 0 spiro atoms. The Labute approximate surface area is 714 Å². The summed E-state index contributed by atoms with van der Waals surface area (Å²) in [5.74, 6) is 5.14. The zero-order valence-electron chi connectivity index (χ0n) is 56.9. The molecule has 476 valence electrons. The fraction of sp³-hybridized carbons (Fsp3) is 0.111. The molecule has 0 N–H and O–H groups in total. The van der Waals surface area contributed by atoms with E-state index in [1.807, 2.05) is 214 Å². The van der Waals surface area contributed by atoms with Crippen LogP contribution in [-0.4, -0.2) is 156 Å². The van der Waals surface area contributed by atoms with Gasteiger partial charge in [0.2, 0.25) is 0 Å². The average Bonchev–Trinajstić information content (AvgIpc) is 1.72. The van der Waals surface area contributed by atoms with Crippen molar-refractivity contribution in [3.63, 3.8) is 0 Å². The van der Waals surface area contributed by atoms with Gasteiger partial charge in [0.15, 0.2) is 0 Å². The van der Waals surface area contributed by atoms with E-state index in [4.69, 9.17) is 0 Å². The molecule has 28 heteroatoms. The van der Waals surface area contributed by atoms with Crippen molar-refractivity contribution < 1.29 is 110 Å². The minimum Gasteiger partial charge on any atom is -0.429 e. The van der Waals surface area contributed by atoms with E-state index in [-0.39, 0.29) is 170 Å². The largest absolute Gasteiger partial charge is 0.429 e. The summed E-state index contributed by atoms with van der Waals surface area (Å²) in [4.78, 5) is 51.0. The van der Waals surface area contributed by atoms with Crippen molar-refractivity contribution in [2.24, 2.45) is 0 Å². The number of nitrogens with zero attached hydrogens (tertiary/aromatic N) is 18. The van der Waals surface area contributed by atoms with E-state index in [1.165, 1.54) is 25.7 Å². The minimum absolute atomic E-state index is 0. The molecular formula is C72H60Br2I2Li2Mg3N18Zn. The maximum Gasteiger partial charge on any atom is 0.0563 e. The summed E-state index contributed by atoms with van der Waals surface area (Å²) in [5, 5.41) is 2.20. The second kappa shape index (κ2) is 45.7. The van der Waals surface area contributed by atoms with Gasteiger partial charge in [-0.2, -0.15) is 0 Å². The van der Waals surface area contributed by atoms with Crippen LogP contribution in [0, 0.1) is 65.3 Å². The second-order valence-corrected chi connectivity index (χ2v) is 21.2. The van der Waals surface area contributed by atoms with Gasteiger partial charge in [-0.15, -0.1) is 29.7 Å². The van der Waals surface area contributed by atoms with Crippen LogP contribution in [-0.2, 0) is 20.2 Å². The van der Waals surface area contributed by atoms with Crippen molar-refractivity contribution in [3.8, 4) is 34.9 Å². The summed E-state index contributed by atoms with van der Waals surface area (Å²) >= 11 is 3.62. The maximum absolute atomic E-state index is 4.35. The van der Waals surface area contributed by atoms with Gasteiger partial charge in [0.25, 0.3) is 0 Å². The first-order valence-electron chi connectivity index (χ1n) is 29.0. The van der Waals surface area contributed by atoms with E-state index in [0.29, 0.717) is 0 Å². The second-order valence-electron chi connectivity index (χ2n) is 21.2. The molecule has 0 atom stereocenters. The van der Waals surface area contributed by atoms with Crippen LogP contribution in [0.15, 0.2) is 238 Å². The topological polar surface area (TPSA) is 184 Å². The van der Waals surface area contributed by atoms with Crippen LogP contribution in [0.1, 0.15) is 49.1 Å².